The molecule has 0 fully saturated rings. The number of aryl methyl sites for hydroxylation is 2. The Morgan fingerprint density at radius 3 is 2.55 bits per heavy atom. The lowest BCUT2D eigenvalue weighted by Crippen LogP contribution is -2.21. The zero-order valence-corrected chi connectivity index (χ0v) is 12.9. The fourth-order valence-electron chi connectivity index (χ4n) is 2.16. The summed E-state index contributed by atoms with van der Waals surface area (Å²) < 4.78 is 5.66. The van der Waals surface area contributed by atoms with Gasteiger partial charge >= 0.3 is 0 Å². The smallest absolute Gasteiger partial charge is 0.262 e. The van der Waals surface area contributed by atoms with Crippen LogP contribution in [-0.4, -0.2) is 12.5 Å². The second-order valence-electron chi connectivity index (χ2n) is 5.15. The van der Waals surface area contributed by atoms with Crippen molar-refractivity contribution in [2.75, 3.05) is 11.9 Å². The lowest BCUT2D eigenvalue weighted by molar-refractivity contribution is -0.118. The van der Waals surface area contributed by atoms with Crippen LogP contribution in [0.25, 0.3) is 0 Å². The predicted molar refractivity (Wildman–Crippen MR) is 85.9 cm³/mol. The molecular formula is C18H18N2O2. The maximum atomic E-state index is 12.0. The highest BCUT2D eigenvalue weighted by Crippen LogP contribution is 2.25. The summed E-state index contributed by atoms with van der Waals surface area (Å²) in [7, 11) is 0. The number of amides is 1. The van der Waals surface area contributed by atoms with Gasteiger partial charge in [0.1, 0.15) is 11.8 Å². The Morgan fingerprint density at radius 2 is 1.82 bits per heavy atom. The van der Waals surface area contributed by atoms with E-state index in [1.54, 1.807) is 24.3 Å². The number of ether oxygens (including phenoxy) is 1. The minimum atomic E-state index is -0.289. The molecule has 2 rings (SSSR count). The van der Waals surface area contributed by atoms with E-state index in [4.69, 9.17) is 10.00 Å². The number of benzene rings is 2. The molecular weight excluding hydrogens is 276 g/mol. The van der Waals surface area contributed by atoms with Crippen molar-refractivity contribution in [3.05, 3.63) is 58.7 Å². The summed E-state index contributed by atoms with van der Waals surface area (Å²) in [5, 5.41) is 11.7. The van der Waals surface area contributed by atoms with Gasteiger partial charge in [0, 0.05) is 0 Å². The van der Waals surface area contributed by atoms with Crippen LogP contribution in [0.1, 0.15) is 22.3 Å². The molecule has 0 aliphatic rings. The summed E-state index contributed by atoms with van der Waals surface area (Å²) in [6.07, 6.45) is 0. The van der Waals surface area contributed by atoms with Crippen molar-refractivity contribution in [1.29, 1.82) is 5.26 Å². The molecule has 0 saturated carbocycles. The molecule has 0 radical (unpaired) electrons. The van der Waals surface area contributed by atoms with E-state index in [0.717, 1.165) is 22.4 Å². The lowest BCUT2D eigenvalue weighted by Gasteiger charge is -2.14. The highest BCUT2D eigenvalue weighted by molar-refractivity contribution is 5.93. The second-order valence-corrected chi connectivity index (χ2v) is 5.15. The largest absolute Gasteiger partial charge is 0.483 e. The summed E-state index contributed by atoms with van der Waals surface area (Å²) >= 11 is 0. The monoisotopic (exact) mass is 294 g/mol. The van der Waals surface area contributed by atoms with E-state index in [0.29, 0.717) is 11.3 Å². The first kappa shape index (κ1) is 15.6. The van der Waals surface area contributed by atoms with Gasteiger partial charge in [0.05, 0.1) is 11.3 Å². The van der Waals surface area contributed by atoms with Crippen molar-refractivity contribution in [1.82, 2.24) is 0 Å². The molecule has 4 nitrogen and oxygen atoms in total. The molecule has 4 heteroatoms. The molecule has 1 amide bonds. The quantitative estimate of drug-likeness (QED) is 0.938. The van der Waals surface area contributed by atoms with Gasteiger partial charge in [-0.1, -0.05) is 24.3 Å². The molecule has 0 atom stereocenters. The number of hydrogen-bond acceptors (Lipinski definition) is 3. The molecule has 0 aliphatic carbocycles. The summed E-state index contributed by atoms with van der Waals surface area (Å²) in [6, 6.07) is 12.9. The highest BCUT2D eigenvalue weighted by Gasteiger charge is 2.10. The number of nitriles is 1. The van der Waals surface area contributed by atoms with Crippen LogP contribution in [0.15, 0.2) is 36.4 Å². The average Bonchev–Trinajstić information content (AvgIpc) is 2.51. The van der Waals surface area contributed by atoms with Crippen LogP contribution >= 0.6 is 0 Å². The Bertz CT molecular complexity index is 745. The van der Waals surface area contributed by atoms with Crippen molar-refractivity contribution < 1.29 is 9.53 Å². The predicted octanol–water partition coefficient (Wildman–Crippen LogP) is 3.50. The van der Waals surface area contributed by atoms with Crippen LogP contribution in [0.2, 0.25) is 0 Å². The second kappa shape index (κ2) is 6.77. The van der Waals surface area contributed by atoms with Crippen LogP contribution in [0.5, 0.6) is 5.75 Å². The number of nitrogens with zero attached hydrogens (tertiary/aromatic N) is 1. The fraction of sp³-hybridized carbons (Fsp3) is 0.222. The number of para-hydroxylation sites is 1. The molecule has 0 aliphatic heterocycles. The fourth-order valence-corrected chi connectivity index (χ4v) is 2.16. The molecule has 0 bridgehead atoms. The highest BCUT2D eigenvalue weighted by atomic mass is 16.5. The standard InChI is InChI=1S/C18H18N2O2/c1-12-8-9-13(2)18(14(12)3)22-11-17(21)20-16-7-5-4-6-15(16)10-19/h4-9H,11H2,1-3H3,(H,20,21). The SMILES string of the molecule is Cc1ccc(C)c(OCC(=O)Nc2ccccc2C#N)c1C. The van der Waals surface area contributed by atoms with Gasteiger partial charge in [-0.05, 0) is 49.6 Å². The molecule has 0 unspecified atom stereocenters. The van der Waals surface area contributed by atoms with E-state index in [2.05, 4.69) is 5.32 Å². The molecule has 0 saturated heterocycles. The molecule has 2 aromatic rings. The molecule has 22 heavy (non-hydrogen) atoms. The Morgan fingerprint density at radius 1 is 1.14 bits per heavy atom. The van der Waals surface area contributed by atoms with E-state index in [1.165, 1.54) is 0 Å². The summed E-state index contributed by atoms with van der Waals surface area (Å²) in [5.74, 6) is 0.451. The van der Waals surface area contributed by atoms with Crippen molar-refractivity contribution in [2.24, 2.45) is 0 Å². The summed E-state index contributed by atoms with van der Waals surface area (Å²) in [4.78, 5) is 12.0. The number of hydrogen-bond donors (Lipinski definition) is 1. The van der Waals surface area contributed by atoms with Gasteiger partial charge in [0.25, 0.3) is 5.91 Å². The maximum absolute atomic E-state index is 12.0. The number of rotatable bonds is 4. The first-order valence-electron chi connectivity index (χ1n) is 7.01. The van der Waals surface area contributed by atoms with Gasteiger partial charge in [-0.3, -0.25) is 4.79 Å². The van der Waals surface area contributed by atoms with Gasteiger partial charge in [-0.25, -0.2) is 0 Å². The van der Waals surface area contributed by atoms with E-state index in [-0.39, 0.29) is 12.5 Å². The van der Waals surface area contributed by atoms with Gasteiger partial charge in [-0.2, -0.15) is 5.26 Å². The Balaban J connectivity index is 2.05. The average molecular weight is 294 g/mol. The van der Waals surface area contributed by atoms with Gasteiger partial charge in [0.2, 0.25) is 0 Å². The third kappa shape index (κ3) is 3.44. The molecule has 0 heterocycles. The first-order chi connectivity index (χ1) is 10.5. The van der Waals surface area contributed by atoms with Gasteiger partial charge < -0.3 is 10.1 Å². The first-order valence-corrected chi connectivity index (χ1v) is 7.01. The van der Waals surface area contributed by atoms with Crippen molar-refractivity contribution in [2.45, 2.75) is 20.8 Å². The number of nitrogens with one attached hydrogen (secondary N) is 1. The molecule has 2 aromatic carbocycles. The lowest BCUT2D eigenvalue weighted by atomic mass is 10.1. The van der Waals surface area contributed by atoms with Crippen LogP contribution < -0.4 is 10.1 Å². The molecule has 1 N–H and O–H groups in total. The van der Waals surface area contributed by atoms with E-state index in [1.807, 2.05) is 39.0 Å². The Kier molecular flexibility index (Phi) is 4.80. The van der Waals surface area contributed by atoms with Crippen LogP contribution in [0, 0.1) is 32.1 Å². The van der Waals surface area contributed by atoms with Crippen molar-refractivity contribution in [3.63, 3.8) is 0 Å². The van der Waals surface area contributed by atoms with Crippen LogP contribution in [0.4, 0.5) is 5.69 Å². The van der Waals surface area contributed by atoms with E-state index >= 15 is 0 Å². The van der Waals surface area contributed by atoms with Gasteiger partial charge in [0.15, 0.2) is 6.61 Å². The topological polar surface area (TPSA) is 62.1 Å². The minimum Gasteiger partial charge on any atom is -0.483 e. The van der Waals surface area contributed by atoms with Crippen molar-refractivity contribution >= 4 is 11.6 Å². The number of anilines is 1. The van der Waals surface area contributed by atoms with Gasteiger partial charge in [-0.15, -0.1) is 0 Å². The van der Waals surface area contributed by atoms with Crippen LogP contribution in [0.3, 0.4) is 0 Å². The molecule has 0 spiro atoms. The molecule has 112 valence electrons. The third-order valence-electron chi connectivity index (χ3n) is 3.54. The zero-order chi connectivity index (χ0) is 16.1. The number of carbonyl (C=O) groups is 1. The third-order valence-corrected chi connectivity index (χ3v) is 3.54. The zero-order valence-electron chi connectivity index (χ0n) is 12.9. The molecule has 0 aromatic heterocycles. The summed E-state index contributed by atoms with van der Waals surface area (Å²) in [5.41, 5.74) is 4.07. The van der Waals surface area contributed by atoms with Crippen molar-refractivity contribution in [3.8, 4) is 11.8 Å². The van der Waals surface area contributed by atoms with E-state index < -0.39 is 0 Å². The normalized spacial score (nSPS) is 9.91. The number of carbonyl (C=O) groups excluding carboxylic acids is 1. The van der Waals surface area contributed by atoms with Crippen LogP contribution in [-0.2, 0) is 4.79 Å². The Labute approximate surface area is 130 Å². The Hall–Kier alpha value is -2.80. The maximum Gasteiger partial charge on any atom is 0.262 e. The van der Waals surface area contributed by atoms with E-state index in [9.17, 15) is 4.79 Å². The summed E-state index contributed by atoms with van der Waals surface area (Å²) in [6.45, 7) is 5.83. The minimum absolute atomic E-state index is 0.0924.